The standard InChI is InChI=1S/C13H13N3O3/c1-19-8-4-6-10-9-5-2-3-7-11(9)15-13(12(10)14)16(17)18/h2-7H,8,14H2,1H3/b6-4+. The van der Waals surface area contributed by atoms with E-state index >= 15 is 0 Å². The normalized spacial score (nSPS) is 11.2. The molecule has 6 nitrogen and oxygen atoms in total. The van der Waals surface area contributed by atoms with E-state index in [1.165, 1.54) is 0 Å². The minimum Gasteiger partial charge on any atom is -0.391 e. The van der Waals surface area contributed by atoms with Crippen LogP contribution in [0, 0.1) is 10.1 Å². The summed E-state index contributed by atoms with van der Waals surface area (Å²) < 4.78 is 4.92. The number of nitro groups is 1. The Morgan fingerprint density at radius 3 is 2.89 bits per heavy atom. The largest absolute Gasteiger partial charge is 0.391 e. The first-order valence-corrected chi connectivity index (χ1v) is 5.63. The maximum Gasteiger partial charge on any atom is 0.387 e. The highest BCUT2D eigenvalue weighted by atomic mass is 16.6. The predicted molar refractivity (Wildman–Crippen MR) is 73.7 cm³/mol. The summed E-state index contributed by atoms with van der Waals surface area (Å²) in [6, 6.07) is 7.16. The summed E-state index contributed by atoms with van der Waals surface area (Å²) >= 11 is 0. The lowest BCUT2D eigenvalue weighted by Gasteiger charge is -2.05. The molecule has 0 fully saturated rings. The zero-order valence-corrected chi connectivity index (χ0v) is 10.4. The number of para-hydroxylation sites is 1. The van der Waals surface area contributed by atoms with Crippen LogP contribution in [0.2, 0.25) is 0 Å². The molecule has 0 aliphatic heterocycles. The molecule has 98 valence electrons. The van der Waals surface area contributed by atoms with Gasteiger partial charge in [-0.1, -0.05) is 24.3 Å². The second-order valence-corrected chi connectivity index (χ2v) is 3.89. The molecule has 2 N–H and O–H groups in total. The number of hydrogen-bond acceptors (Lipinski definition) is 5. The molecule has 1 aromatic heterocycles. The third kappa shape index (κ3) is 2.53. The summed E-state index contributed by atoms with van der Waals surface area (Å²) in [5.74, 6) is -0.323. The zero-order chi connectivity index (χ0) is 13.8. The molecule has 0 bridgehead atoms. The van der Waals surface area contributed by atoms with E-state index in [-0.39, 0.29) is 11.5 Å². The fourth-order valence-electron chi connectivity index (χ4n) is 1.82. The third-order valence-electron chi connectivity index (χ3n) is 2.67. The Kier molecular flexibility index (Phi) is 3.72. The van der Waals surface area contributed by atoms with Crippen molar-refractivity contribution in [3.8, 4) is 0 Å². The summed E-state index contributed by atoms with van der Waals surface area (Å²) in [6.07, 6.45) is 3.47. The van der Waals surface area contributed by atoms with Gasteiger partial charge < -0.3 is 20.6 Å². The molecule has 0 radical (unpaired) electrons. The Labute approximate surface area is 109 Å². The van der Waals surface area contributed by atoms with Gasteiger partial charge in [-0.25, -0.2) is 0 Å². The van der Waals surface area contributed by atoms with Gasteiger partial charge >= 0.3 is 5.82 Å². The first-order valence-electron chi connectivity index (χ1n) is 5.63. The Bertz CT molecular complexity index is 653. The lowest BCUT2D eigenvalue weighted by molar-refractivity contribution is -0.388. The fraction of sp³-hybridized carbons (Fsp3) is 0.154. The summed E-state index contributed by atoms with van der Waals surface area (Å²) in [4.78, 5) is 14.4. The van der Waals surface area contributed by atoms with E-state index in [0.717, 1.165) is 5.39 Å². The number of benzene rings is 1. The molecule has 0 aliphatic rings. The number of anilines is 1. The number of hydrogen-bond donors (Lipinski definition) is 1. The van der Waals surface area contributed by atoms with Gasteiger partial charge in [-0.2, -0.15) is 0 Å². The first-order chi connectivity index (χ1) is 9.15. The van der Waals surface area contributed by atoms with E-state index < -0.39 is 4.92 Å². The smallest absolute Gasteiger partial charge is 0.387 e. The van der Waals surface area contributed by atoms with Gasteiger partial charge in [0.15, 0.2) is 5.52 Å². The van der Waals surface area contributed by atoms with Gasteiger partial charge in [0, 0.05) is 18.1 Å². The van der Waals surface area contributed by atoms with E-state index in [1.807, 2.05) is 12.1 Å². The topological polar surface area (TPSA) is 91.3 Å². The van der Waals surface area contributed by atoms with Crippen LogP contribution in [0.15, 0.2) is 30.3 Å². The van der Waals surface area contributed by atoms with Crippen LogP contribution in [0.4, 0.5) is 11.5 Å². The lowest BCUT2D eigenvalue weighted by atomic mass is 10.1. The molecule has 19 heavy (non-hydrogen) atoms. The predicted octanol–water partition coefficient (Wildman–Crippen LogP) is 2.38. The van der Waals surface area contributed by atoms with Crippen molar-refractivity contribution in [2.45, 2.75) is 0 Å². The molecule has 0 unspecified atom stereocenters. The molecule has 0 spiro atoms. The van der Waals surface area contributed by atoms with Crippen molar-refractivity contribution in [1.82, 2.24) is 4.98 Å². The van der Waals surface area contributed by atoms with Crippen LogP contribution in [0.3, 0.4) is 0 Å². The van der Waals surface area contributed by atoms with Crippen molar-refractivity contribution in [1.29, 1.82) is 0 Å². The molecule has 0 saturated heterocycles. The van der Waals surface area contributed by atoms with Crippen LogP contribution in [0.5, 0.6) is 0 Å². The molecule has 0 atom stereocenters. The molecule has 1 heterocycles. The Hall–Kier alpha value is -2.47. The van der Waals surface area contributed by atoms with Gasteiger partial charge in [-0.3, -0.25) is 0 Å². The lowest BCUT2D eigenvalue weighted by Crippen LogP contribution is -2.02. The molecule has 1 aromatic carbocycles. The van der Waals surface area contributed by atoms with E-state index in [2.05, 4.69) is 4.98 Å². The Morgan fingerprint density at radius 1 is 1.47 bits per heavy atom. The maximum atomic E-state index is 11.0. The van der Waals surface area contributed by atoms with Gasteiger partial charge in [0.25, 0.3) is 0 Å². The van der Waals surface area contributed by atoms with Crippen molar-refractivity contribution in [2.24, 2.45) is 0 Å². The molecular formula is C13H13N3O3. The maximum absolute atomic E-state index is 11.0. The summed E-state index contributed by atoms with van der Waals surface area (Å²) in [7, 11) is 1.57. The minimum atomic E-state index is -0.574. The number of pyridine rings is 1. The molecule has 0 saturated carbocycles. The second kappa shape index (κ2) is 5.45. The molecule has 2 aromatic rings. The number of ether oxygens (including phenoxy) is 1. The van der Waals surface area contributed by atoms with Crippen LogP contribution in [0.25, 0.3) is 17.0 Å². The second-order valence-electron chi connectivity index (χ2n) is 3.89. The van der Waals surface area contributed by atoms with E-state index in [1.54, 1.807) is 31.4 Å². The van der Waals surface area contributed by atoms with Crippen LogP contribution in [-0.4, -0.2) is 23.6 Å². The SMILES string of the molecule is COC/C=C/c1c(N)c([N+](=O)[O-])nc2ccccc12. The van der Waals surface area contributed by atoms with Gasteiger partial charge in [0.1, 0.15) is 5.69 Å². The van der Waals surface area contributed by atoms with Gasteiger partial charge in [-0.15, -0.1) is 0 Å². The molecule has 0 amide bonds. The van der Waals surface area contributed by atoms with Crippen LogP contribution in [-0.2, 0) is 4.74 Å². The molecular weight excluding hydrogens is 246 g/mol. The highest BCUT2D eigenvalue weighted by Crippen LogP contribution is 2.30. The minimum absolute atomic E-state index is 0.0658. The monoisotopic (exact) mass is 259 g/mol. The van der Waals surface area contributed by atoms with Gasteiger partial charge in [-0.05, 0) is 22.0 Å². The van der Waals surface area contributed by atoms with Crippen molar-refractivity contribution in [2.75, 3.05) is 19.5 Å². The number of rotatable bonds is 4. The summed E-state index contributed by atoms with van der Waals surface area (Å²) in [6.45, 7) is 0.407. The number of nitrogens with two attached hydrogens (primary N) is 1. The molecule has 0 aliphatic carbocycles. The van der Waals surface area contributed by atoms with Crippen LogP contribution < -0.4 is 5.73 Å². The van der Waals surface area contributed by atoms with Gasteiger partial charge in [0.2, 0.25) is 0 Å². The zero-order valence-electron chi connectivity index (χ0n) is 10.4. The van der Waals surface area contributed by atoms with Crippen molar-refractivity contribution in [3.63, 3.8) is 0 Å². The summed E-state index contributed by atoms with van der Waals surface area (Å²) in [5, 5.41) is 11.7. The quantitative estimate of drug-likeness (QED) is 0.672. The average molecular weight is 259 g/mol. The summed E-state index contributed by atoms with van der Waals surface area (Å²) in [5.41, 5.74) is 7.04. The van der Waals surface area contributed by atoms with E-state index in [4.69, 9.17) is 10.5 Å². The van der Waals surface area contributed by atoms with Crippen LogP contribution in [0.1, 0.15) is 5.56 Å². The van der Waals surface area contributed by atoms with E-state index in [0.29, 0.717) is 17.7 Å². The highest BCUT2D eigenvalue weighted by Gasteiger charge is 2.19. The number of nitrogen functional groups attached to an aromatic ring is 1. The van der Waals surface area contributed by atoms with E-state index in [9.17, 15) is 10.1 Å². The van der Waals surface area contributed by atoms with Crippen molar-refractivity contribution < 1.29 is 9.66 Å². The Balaban J connectivity index is 2.69. The van der Waals surface area contributed by atoms with Gasteiger partial charge in [0.05, 0.1) is 6.61 Å². The number of fused-ring (bicyclic) bond motifs is 1. The van der Waals surface area contributed by atoms with Crippen molar-refractivity contribution >= 4 is 28.5 Å². The average Bonchev–Trinajstić information content (AvgIpc) is 2.40. The highest BCUT2D eigenvalue weighted by molar-refractivity contribution is 5.95. The Morgan fingerprint density at radius 2 is 2.21 bits per heavy atom. The number of aromatic nitrogens is 1. The molecule has 6 heteroatoms. The fourth-order valence-corrected chi connectivity index (χ4v) is 1.82. The third-order valence-corrected chi connectivity index (χ3v) is 2.67. The molecule has 2 rings (SSSR count). The number of nitrogens with zero attached hydrogens (tertiary/aromatic N) is 2. The van der Waals surface area contributed by atoms with Crippen molar-refractivity contribution in [3.05, 3.63) is 46.0 Å². The van der Waals surface area contributed by atoms with Crippen LogP contribution >= 0.6 is 0 Å². The first kappa shape index (κ1) is 13.0. The number of methoxy groups -OCH3 is 1.